The van der Waals surface area contributed by atoms with Gasteiger partial charge >= 0.3 is 0 Å². The van der Waals surface area contributed by atoms with E-state index in [2.05, 4.69) is 0 Å². The zero-order valence-corrected chi connectivity index (χ0v) is 14.7. The second-order valence-corrected chi connectivity index (χ2v) is 6.17. The maximum absolute atomic E-state index is 12.3. The highest BCUT2D eigenvalue weighted by atomic mass is 16.5. The monoisotopic (exact) mass is 343 g/mol. The van der Waals surface area contributed by atoms with Crippen LogP contribution in [0.25, 0.3) is 0 Å². The fourth-order valence-corrected chi connectivity index (χ4v) is 2.88. The Morgan fingerprint density at radius 2 is 1.80 bits per heavy atom. The summed E-state index contributed by atoms with van der Waals surface area (Å²) in [7, 11) is 0. The van der Waals surface area contributed by atoms with E-state index < -0.39 is 0 Å². The van der Waals surface area contributed by atoms with E-state index in [0.717, 1.165) is 17.7 Å². The molecule has 2 rings (SSSR count). The number of amides is 2. The molecule has 0 saturated carbocycles. The number of aryl methyl sites for hydroxylation is 1. The number of para-hydroxylation sites is 1. The van der Waals surface area contributed by atoms with Gasteiger partial charge in [0.2, 0.25) is 11.8 Å². The van der Waals surface area contributed by atoms with Crippen molar-refractivity contribution in [1.29, 1.82) is 5.26 Å². The molecule has 0 aromatic heterocycles. The normalized spacial score (nSPS) is 14.6. The quantitative estimate of drug-likeness (QED) is 0.742. The van der Waals surface area contributed by atoms with Gasteiger partial charge in [-0.05, 0) is 31.4 Å². The maximum Gasteiger partial charge on any atom is 0.236 e. The van der Waals surface area contributed by atoms with E-state index >= 15 is 0 Å². The first kappa shape index (κ1) is 18.8. The van der Waals surface area contributed by atoms with Gasteiger partial charge in [0.1, 0.15) is 12.2 Å². The van der Waals surface area contributed by atoms with Crippen molar-refractivity contribution < 1.29 is 14.3 Å². The lowest BCUT2D eigenvalue weighted by atomic mass is 10.2. The van der Waals surface area contributed by atoms with Crippen molar-refractivity contribution in [3.63, 3.8) is 0 Å². The van der Waals surface area contributed by atoms with Crippen molar-refractivity contribution in [3.8, 4) is 11.8 Å². The van der Waals surface area contributed by atoms with Crippen molar-refractivity contribution in [1.82, 2.24) is 9.80 Å². The third-order valence-corrected chi connectivity index (χ3v) is 4.32. The summed E-state index contributed by atoms with van der Waals surface area (Å²) in [6.07, 6.45) is 1.77. The van der Waals surface area contributed by atoms with Crippen LogP contribution in [0.4, 0.5) is 0 Å². The summed E-state index contributed by atoms with van der Waals surface area (Å²) in [6.45, 7) is 4.82. The minimum Gasteiger partial charge on any atom is -0.493 e. The molecule has 1 fully saturated rings. The van der Waals surface area contributed by atoms with Crippen LogP contribution < -0.4 is 4.74 Å². The van der Waals surface area contributed by atoms with Crippen molar-refractivity contribution >= 4 is 11.8 Å². The predicted octanol–water partition coefficient (Wildman–Crippen LogP) is 2.13. The van der Waals surface area contributed by atoms with E-state index in [-0.39, 0.29) is 18.2 Å². The van der Waals surface area contributed by atoms with Gasteiger partial charge in [0.05, 0.1) is 12.7 Å². The molecule has 134 valence electrons. The first-order chi connectivity index (χ1) is 12.1. The standard InChI is InChI=1S/C19H25N3O3/c1-16-6-2-3-7-17(16)25-15-4-8-18(23)21-11-5-12-22(14-13-21)19(24)9-10-20/h2-3,6-7H,4-5,8-9,11-15H2,1H3. The SMILES string of the molecule is Cc1ccccc1OCCCC(=O)N1CCCN(C(=O)CC#N)CC1. The molecule has 1 saturated heterocycles. The van der Waals surface area contributed by atoms with Gasteiger partial charge in [-0.25, -0.2) is 0 Å². The highest BCUT2D eigenvalue weighted by Crippen LogP contribution is 2.16. The molecule has 0 atom stereocenters. The molecule has 0 spiro atoms. The van der Waals surface area contributed by atoms with Crippen LogP contribution in [0.1, 0.15) is 31.2 Å². The minimum atomic E-state index is -0.150. The van der Waals surface area contributed by atoms with Crippen LogP contribution in [-0.2, 0) is 9.59 Å². The fourth-order valence-electron chi connectivity index (χ4n) is 2.88. The largest absolute Gasteiger partial charge is 0.493 e. The molecule has 0 radical (unpaired) electrons. The summed E-state index contributed by atoms with van der Waals surface area (Å²) in [4.78, 5) is 27.6. The van der Waals surface area contributed by atoms with Gasteiger partial charge in [-0.3, -0.25) is 9.59 Å². The number of nitriles is 1. The Balaban J connectivity index is 1.71. The minimum absolute atomic E-state index is 0.0931. The smallest absolute Gasteiger partial charge is 0.236 e. The molecule has 0 aliphatic carbocycles. The average Bonchev–Trinajstić information content (AvgIpc) is 2.86. The van der Waals surface area contributed by atoms with Gasteiger partial charge in [-0.2, -0.15) is 5.26 Å². The number of nitrogens with zero attached hydrogens (tertiary/aromatic N) is 3. The molecule has 25 heavy (non-hydrogen) atoms. The van der Waals surface area contributed by atoms with Gasteiger partial charge in [-0.1, -0.05) is 18.2 Å². The summed E-state index contributed by atoms with van der Waals surface area (Å²) >= 11 is 0. The van der Waals surface area contributed by atoms with Crippen LogP contribution in [0.15, 0.2) is 24.3 Å². The van der Waals surface area contributed by atoms with Gasteiger partial charge in [0.25, 0.3) is 0 Å². The Morgan fingerprint density at radius 3 is 2.48 bits per heavy atom. The molecule has 1 aliphatic heterocycles. The second kappa shape index (κ2) is 9.67. The van der Waals surface area contributed by atoms with Crippen molar-refractivity contribution in [2.45, 2.75) is 32.6 Å². The molecule has 1 heterocycles. The Bertz CT molecular complexity index is 639. The zero-order valence-electron chi connectivity index (χ0n) is 14.7. The van der Waals surface area contributed by atoms with Crippen LogP contribution in [-0.4, -0.2) is 54.4 Å². The number of rotatable bonds is 6. The average molecular weight is 343 g/mol. The van der Waals surface area contributed by atoms with Gasteiger partial charge in [0, 0.05) is 32.6 Å². The van der Waals surface area contributed by atoms with Crippen LogP contribution in [0.5, 0.6) is 5.75 Å². The predicted molar refractivity (Wildman–Crippen MR) is 93.9 cm³/mol. The van der Waals surface area contributed by atoms with E-state index in [9.17, 15) is 9.59 Å². The van der Waals surface area contributed by atoms with Crippen LogP contribution in [0.3, 0.4) is 0 Å². The third-order valence-electron chi connectivity index (χ3n) is 4.32. The molecule has 1 aliphatic rings. The molecule has 6 nitrogen and oxygen atoms in total. The van der Waals surface area contributed by atoms with Crippen molar-refractivity contribution in [2.75, 3.05) is 32.8 Å². The molecule has 2 amide bonds. The summed E-state index contributed by atoms with van der Waals surface area (Å²) in [5, 5.41) is 8.62. The van der Waals surface area contributed by atoms with Gasteiger partial charge < -0.3 is 14.5 Å². The van der Waals surface area contributed by atoms with E-state index in [0.29, 0.717) is 45.6 Å². The van der Waals surface area contributed by atoms with Crippen molar-refractivity contribution in [3.05, 3.63) is 29.8 Å². The summed E-state index contributed by atoms with van der Waals surface area (Å²) in [6, 6.07) is 9.71. The van der Waals surface area contributed by atoms with Gasteiger partial charge in [-0.15, -0.1) is 0 Å². The topological polar surface area (TPSA) is 73.6 Å². The number of carbonyl (C=O) groups is 2. The molecule has 0 bridgehead atoms. The Morgan fingerprint density at radius 1 is 1.12 bits per heavy atom. The number of hydrogen-bond acceptors (Lipinski definition) is 4. The summed E-state index contributed by atoms with van der Waals surface area (Å²) in [5.74, 6) is 0.808. The first-order valence-electron chi connectivity index (χ1n) is 8.72. The molecule has 6 heteroatoms. The third kappa shape index (κ3) is 5.79. The molecule has 0 N–H and O–H groups in total. The summed E-state index contributed by atoms with van der Waals surface area (Å²) < 4.78 is 5.72. The highest BCUT2D eigenvalue weighted by Gasteiger charge is 2.21. The molecular weight excluding hydrogens is 318 g/mol. The van der Waals surface area contributed by atoms with E-state index in [1.165, 1.54) is 0 Å². The van der Waals surface area contributed by atoms with E-state index in [1.54, 1.807) is 4.90 Å². The molecule has 1 aromatic rings. The Labute approximate surface area is 149 Å². The lowest BCUT2D eigenvalue weighted by Gasteiger charge is -2.21. The van der Waals surface area contributed by atoms with Crippen LogP contribution >= 0.6 is 0 Å². The Hall–Kier alpha value is -2.55. The Kier molecular flexibility index (Phi) is 7.27. The van der Waals surface area contributed by atoms with Crippen LogP contribution in [0, 0.1) is 18.3 Å². The fraction of sp³-hybridized carbons (Fsp3) is 0.526. The molecule has 1 aromatic carbocycles. The second-order valence-electron chi connectivity index (χ2n) is 6.17. The van der Waals surface area contributed by atoms with Crippen molar-refractivity contribution in [2.24, 2.45) is 0 Å². The van der Waals surface area contributed by atoms with E-state index in [4.69, 9.17) is 10.00 Å². The number of hydrogen-bond donors (Lipinski definition) is 0. The molecular formula is C19H25N3O3. The summed E-state index contributed by atoms with van der Waals surface area (Å²) in [5.41, 5.74) is 1.09. The zero-order chi connectivity index (χ0) is 18.1. The molecule has 0 unspecified atom stereocenters. The van der Waals surface area contributed by atoms with Gasteiger partial charge in [0.15, 0.2) is 0 Å². The highest BCUT2D eigenvalue weighted by molar-refractivity contribution is 5.79. The van der Waals surface area contributed by atoms with E-state index in [1.807, 2.05) is 42.2 Å². The number of benzene rings is 1. The lowest BCUT2D eigenvalue weighted by Crippen LogP contribution is -2.37. The number of ether oxygens (including phenoxy) is 1. The maximum atomic E-state index is 12.3. The van der Waals surface area contributed by atoms with Crippen LogP contribution in [0.2, 0.25) is 0 Å². The number of carbonyl (C=O) groups excluding carboxylic acids is 2. The lowest BCUT2D eigenvalue weighted by molar-refractivity contribution is -0.133. The first-order valence-corrected chi connectivity index (χ1v) is 8.72.